The van der Waals surface area contributed by atoms with E-state index in [2.05, 4.69) is 10.3 Å². The van der Waals surface area contributed by atoms with Crippen molar-refractivity contribution in [2.75, 3.05) is 25.1 Å². The number of hydrogen-bond donors (Lipinski definition) is 1. The largest absolute Gasteiger partial charge is 0.462 e. The number of hydrogen-bond acceptors (Lipinski definition) is 9. The van der Waals surface area contributed by atoms with E-state index < -0.39 is 30.4 Å². The van der Waals surface area contributed by atoms with Gasteiger partial charge >= 0.3 is 17.9 Å². The summed E-state index contributed by atoms with van der Waals surface area (Å²) in [6.45, 7) is 4.54. The molecule has 1 N–H and O–H groups in total. The highest BCUT2D eigenvalue weighted by atomic mass is 32.1. The van der Waals surface area contributed by atoms with Crippen LogP contribution in [-0.2, 0) is 19.0 Å². The van der Waals surface area contributed by atoms with Crippen LogP contribution in [0.25, 0.3) is 10.9 Å². The van der Waals surface area contributed by atoms with Crippen LogP contribution in [0.2, 0.25) is 0 Å². The Morgan fingerprint density at radius 1 is 0.909 bits per heavy atom. The van der Waals surface area contributed by atoms with Gasteiger partial charge in [-0.3, -0.25) is 4.79 Å². The van der Waals surface area contributed by atoms with Gasteiger partial charge in [0.1, 0.15) is 15.6 Å². The van der Waals surface area contributed by atoms with Gasteiger partial charge in [-0.25, -0.2) is 19.4 Å². The Morgan fingerprint density at radius 3 is 2.33 bits per heavy atom. The minimum Gasteiger partial charge on any atom is -0.462 e. The summed E-state index contributed by atoms with van der Waals surface area (Å²) in [6, 6.07) is 10.5. The van der Waals surface area contributed by atoms with E-state index in [-0.39, 0.29) is 34.3 Å². The fraction of sp³-hybridized carbons (Fsp3) is 0.261. The molecule has 0 bridgehead atoms. The molecule has 0 aliphatic rings. The molecule has 172 valence electrons. The van der Waals surface area contributed by atoms with Crippen LogP contribution in [0.4, 0.5) is 5.00 Å². The Balaban J connectivity index is 1.73. The molecule has 0 fully saturated rings. The molecule has 0 atom stereocenters. The maximum Gasteiger partial charge on any atom is 0.357 e. The molecule has 9 nitrogen and oxygen atoms in total. The number of anilines is 1. The summed E-state index contributed by atoms with van der Waals surface area (Å²) in [7, 11) is 0. The number of rotatable bonds is 8. The van der Waals surface area contributed by atoms with Crippen molar-refractivity contribution in [1.29, 1.82) is 0 Å². The molecular formula is C23H22N2O7S. The van der Waals surface area contributed by atoms with Crippen LogP contribution in [0.1, 0.15) is 49.9 Å². The van der Waals surface area contributed by atoms with E-state index in [0.717, 1.165) is 16.7 Å². The summed E-state index contributed by atoms with van der Waals surface area (Å²) < 4.78 is 15.1. The van der Waals surface area contributed by atoms with Crippen molar-refractivity contribution >= 4 is 51.1 Å². The third-order valence-corrected chi connectivity index (χ3v) is 5.67. The van der Waals surface area contributed by atoms with Crippen molar-refractivity contribution in [2.24, 2.45) is 0 Å². The molecule has 0 spiro atoms. The van der Waals surface area contributed by atoms with Crippen LogP contribution in [-0.4, -0.2) is 48.6 Å². The van der Waals surface area contributed by atoms with Crippen molar-refractivity contribution in [2.45, 2.75) is 20.8 Å². The van der Waals surface area contributed by atoms with E-state index in [1.54, 1.807) is 39.0 Å². The fourth-order valence-corrected chi connectivity index (χ4v) is 4.09. The van der Waals surface area contributed by atoms with Crippen LogP contribution in [0.3, 0.4) is 0 Å². The van der Waals surface area contributed by atoms with E-state index in [9.17, 15) is 19.2 Å². The number of benzene rings is 1. The summed E-state index contributed by atoms with van der Waals surface area (Å²) in [5.41, 5.74) is 1.08. The van der Waals surface area contributed by atoms with Crippen molar-refractivity contribution in [3.05, 3.63) is 58.1 Å². The highest BCUT2D eigenvalue weighted by Gasteiger charge is 2.27. The van der Waals surface area contributed by atoms with E-state index in [1.807, 2.05) is 12.1 Å². The lowest BCUT2D eigenvalue weighted by Gasteiger charge is -2.08. The van der Waals surface area contributed by atoms with Gasteiger partial charge in [-0.05, 0) is 38.5 Å². The number of carbonyl (C=O) groups is 4. The minimum absolute atomic E-state index is 0.0563. The first-order valence-electron chi connectivity index (χ1n) is 10.2. The summed E-state index contributed by atoms with van der Waals surface area (Å²) in [5, 5.41) is 3.49. The van der Waals surface area contributed by atoms with Crippen LogP contribution in [0, 0.1) is 6.92 Å². The van der Waals surface area contributed by atoms with Gasteiger partial charge in [-0.1, -0.05) is 24.3 Å². The predicted octanol–water partition coefficient (Wildman–Crippen LogP) is 3.75. The molecule has 0 saturated heterocycles. The topological polar surface area (TPSA) is 121 Å². The lowest BCUT2D eigenvalue weighted by molar-refractivity contribution is -0.119. The third kappa shape index (κ3) is 5.53. The van der Waals surface area contributed by atoms with Crippen LogP contribution < -0.4 is 5.32 Å². The quantitative estimate of drug-likeness (QED) is 0.390. The molecule has 0 aliphatic heterocycles. The third-order valence-electron chi connectivity index (χ3n) is 4.48. The van der Waals surface area contributed by atoms with Crippen LogP contribution >= 0.6 is 11.3 Å². The second-order valence-electron chi connectivity index (χ2n) is 6.71. The van der Waals surface area contributed by atoms with Gasteiger partial charge < -0.3 is 19.5 Å². The summed E-state index contributed by atoms with van der Waals surface area (Å²) in [6.07, 6.45) is 0. The smallest absolute Gasteiger partial charge is 0.357 e. The number of ether oxygens (including phenoxy) is 3. The average Bonchev–Trinajstić information content (AvgIpc) is 3.13. The highest BCUT2D eigenvalue weighted by molar-refractivity contribution is 7.18. The summed E-state index contributed by atoms with van der Waals surface area (Å²) in [4.78, 5) is 53.8. The molecule has 0 radical (unpaired) electrons. The first-order chi connectivity index (χ1) is 15.8. The molecule has 0 unspecified atom stereocenters. The van der Waals surface area contributed by atoms with Crippen molar-refractivity contribution in [1.82, 2.24) is 4.98 Å². The molecule has 0 saturated carbocycles. The van der Waals surface area contributed by atoms with Crippen LogP contribution in [0.5, 0.6) is 0 Å². The number of fused-ring (bicyclic) bond motifs is 1. The molecule has 1 amide bonds. The normalized spacial score (nSPS) is 10.5. The zero-order valence-electron chi connectivity index (χ0n) is 18.3. The lowest BCUT2D eigenvalue weighted by Crippen LogP contribution is -2.22. The Hall–Kier alpha value is -3.79. The molecule has 33 heavy (non-hydrogen) atoms. The van der Waals surface area contributed by atoms with E-state index >= 15 is 0 Å². The number of pyridine rings is 1. The molecular weight excluding hydrogens is 448 g/mol. The van der Waals surface area contributed by atoms with Gasteiger partial charge in [0.25, 0.3) is 5.91 Å². The monoisotopic (exact) mass is 470 g/mol. The molecule has 3 rings (SSSR count). The first kappa shape index (κ1) is 23.9. The lowest BCUT2D eigenvalue weighted by atomic mass is 10.1. The van der Waals surface area contributed by atoms with E-state index in [4.69, 9.17) is 14.2 Å². The molecule has 3 aromatic rings. The fourth-order valence-electron chi connectivity index (χ4n) is 2.99. The SMILES string of the molecule is CCOC(=O)c1sc(NC(=O)COC(=O)c2ccc3ccccc3n2)c(C(=O)OCC)c1C. The molecule has 10 heteroatoms. The number of carbonyl (C=O) groups excluding carboxylic acids is 4. The van der Waals surface area contributed by atoms with E-state index in [0.29, 0.717) is 11.1 Å². The Kier molecular flexibility index (Phi) is 7.73. The van der Waals surface area contributed by atoms with Gasteiger partial charge in [0, 0.05) is 5.39 Å². The number of para-hydroxylation sites is 1. The zero-order chi connectivity index (χ0) is 24.0. The van der Waals surface area contributed by atoms with Gasteiger partial charge in [0.15, 0.2) is 6.61 Å². The molecule has 1 aromatic carbocycles. The number of esters is 3. The highest BCUT2D eigenvalue weighted by Crippen LogP contribution is 2.34. The number of aromatic nitrogens is 1. The number of nitrogens with zero attached hydrogens (tertiary/aromatic N) is 1. The Morgan fingerprint density at radius 2 is 1.61 bits per heavy atom. The summed E-state index contributed by atoms with van der Waals surface area (Å²) >= 11 is 0.889. The maximum absolute atomic E-state index is 12.4. The second kappa shape index (κ2) is 10.7. The first-order valence-corrected chi connectivity index (χ1v) is 11.0. The summed E-state index contributed by atoms with van der Waals surface area (Å²) in [5.74, 6) is -2.75. The van der Waals surface area contributed by atoms with Crippen LogP contribution in [0.15, 0.2) is 36.4 Å². The average molecular weight is 471 g/mol. The molecule has 0 aliphatic carbocycles. The number of thiophene rings is 1. The Labute approximate surface area is 193 Å². The maximum atomic E-state index is 12.4. The van der Waals surface area contributed by atoms with Gasteiger partial charge in [-0.15, -0.1) is 11.3 Å². The molecule has 2 aromatic heterocycles. The van der Waals surface area contributed by atoms with Gasteiger partial charge in [0.2, 0.25) is 0 Å². The molecule has 2 heterocycles. The van der Waals surface area contributed by atoms with Crippen molar-refractivity contribution in [3.8, 4) is 0 Å². The van der Waals surface area contributed by atoms with Gasteiger partial charge in [-0.2, -0.15) is 0 Å². The van der Waals surface area contributed by atoms with E-state index in [1.165, 1.54) is 6.07 Å². The van der Waals surface area contributed by atoms with Crippen molar-refractivity contribution < 1.29 is 33.4 Å². The van der Waals surface area contributed by atoms with Gasteiger partial charge in [0.05, 0.1) is 24.3 Å². The second-order valence-corrected chi connectivity index (χ2v) is 7.74. The number of amides is 1. The minimum atomic E-state index is -0.768. The standard InChI is InChI=1S/C23H22N2O7S/c1-4-30-22(28)18-13(3)19(23(29)31-5-2)33-20(18)25-17(26)12-32-21(27)16-11-10-14-8-6-7-9-15(14)24-16/h6-11H,4-5,12H2,1-3H3,(H,25,26). The number of nitrogens with one attached hydrogen (secondary N) is 1. The zero-order valence-corrected chi connectivity index (χ0v) is 19.1. The Bertz CT molecular complexity index is 1220. The predicted molar refractivity (Wildman–Crippen MR) is 122 cm³/mol. The van der Waals surface area contributed by atoms with Crippen molar-refractivity contribution in [3.63, 3.8) is 0 Å².